The van der Waals surface area contributed by atoms with E-state index in [2.05, 4.69) is 0 Å². The van der Waals surface area contributed by atoms with Crippen LogP contribution in [0.5, 0.6) is 0 Å². The van der Waals surface area contributed by atoms with Gasteiger partial charge in [0.25, 0.3) is 5.91 Å². The maximum absolute atomic E-state index is 13.7. The molecule has 0 N–H and O–H groups in total. The number of benzene rings is 2. The van der Waals surface area contributed by atoms with Crippen molar-refractivity contribution >= 4 is 47.2 Å². The molecule has 2 aliphatic heterocycles. The summed E-state index contributed by atoms with van der Waals surface area (Å²) in [5.74, 6) is 0.548. The molecule has 2 heterocycles. The zero-order valence-corrected chi connectivity index (χ0v) is 19.9. The molecule has 4 rings (SSSR count). The van der Waals surface area contributed by atoms with Crippen LogP contribution in [0.4, 0.5) is 0 Å². The molecular formula is C23H23NO4S3. The lowest BCUT2D eigenvalue weighted by Crippen LogP contribution is -2.53. The number of ether oxygens (including phenoxy) is 2. The minimum Gasteiger partial charge on any atom is -0.467 e. The molecule has 0 radical (unpaired) electrons. The van der Waals surface area contributed by atoms with Crippen LogP contribution in [0.15, 0.2) is 81.1 Å². The van der Waals surface area contributed by atoms with Gasteiger partial charge in [0.05, 0.1) is 12.9 Å². The van der Waals surface area contributed by atoms with Crippen LogP contribution >= 0.6 is 35.3 Å². The summed E-state index contributed by atoms with van der Waals surface area (Å²) in [7, 11) is 1.35. The van der Waals surface area contributed by atoms with Crippen molar-refractivity contribution in [2.45, 2.75) is 40.0 Å². The molecule has 162 valence electrons. The molecule has 2 aliphatic rings. The van der Waals surface area contributed by atoms with E-state index < -0.39 is 22.3 Å². The summed E-state index contributed by atoms with van der Waals surface area (Å²) in [6.45, 7) is 3.88. The Morgan fingerprint density at radius 3 is 2.32 bits per heavy atom. The van der Waals surface area contributed by atoms with Gasteiger partial charge < -0.3 is 9.47 Å². The lowest BCUT2D eigenvalue weighted by Gasteiger charge is -2.35. The monoisotopic (exact) mass is 473 g/mol. The lowest BCUT2D eigenvalue weighted by molar-refractivity contribution is -0.157. The van der Waals surface area contributed by atoms with Crippen LogP contribution in [-0.2, 0) is 19.1 Å². The minimum absolute atomic E-state index is 0.192. The van der Waals surface area contributed by atoms with Crippen molar-refractivity contribution in [2.24, 2.45) is 0 Å². The van der Waals surface area contributed by atoms with Gasteiger partial charge in [-0.1, -0.05) is 59.9 Å². The van der Waals surface area contributed by atoms with Gasteiger partial charge in [-0.3, -0.25) is 9.69 Å². The number of methoxy groups -OCH3 is 1. The molecule has 31 heavy (non-hydrogen) atoms. The topological polar surface area (TPSA) is 55.8 Å². The highest BCUT2D eigenvalue weighted by atomic mass is 32.2. The first-order chi connectivity index (χ1) is 14.9. The summed E-state index contributed by atoms with van der Waals surface area (Å²) < 4.78 is 10.8. The van der Waals surface area contributed by atoms with Gasteiger partial charge >= 0.3 is 5.97 Å². The summed E-state index contributed by atoms with van der Waals surface area (Å²) in [4.78, 5) is 30.4. The molecule has 2 atom stereocenters. The van der Waals surface area contributed by atoms with Crippen LogP contribution in [0.2, 0.25) is 0 Å². The van der Waals surface area contributed by atoms with Gasteiger partial charge in [0, 0.05) is 14.5 Å². The largest absolute Gasteiger partial charge is 0.467 e. The highest BCUT2D eigenvalue weighted by molar-refractivity contribution is 8.04. The molecule has 2 aromatic carbocycles. The molecule has 0 saturated carbocycles. The van der Waals surface area contributed by atoms with E-state index in [0.29, 0.717) is 16.4 Å². The van der Waals surface area contributed by atoms with Gasteiger partial charge in [-0.05, 0) is 38.1 Å². The van der Waals surface area contributed by atoms with Crippen molar-refractivity contribution in [3.63, 3.8) is 0 Å². The van der Waals surface area contributed by atoms with E-state index in [1.807, 2.05) is 74.5 Å². The third-order valence-corrected chi connectivity index (χ3v) is 8.48. The van der Waals surface area contributed by atoms with Crippen LogP contribution < -0.4 is 0 Å². The fourth-order valence-electron chi connectivity index (χ4n) is 3.52. The Balaban J connectivity index is 1.68. The van der Waals surface area contributed by atoms with Crippen molar-refractivity contribution in [2.75, 3.05) is 12.9 Å². The van der Waals surface area contributed by atoms with E-state index in [1.165, 1.54) is 30.6 Å². The first kappa shape index (κ1) is 22.2. The second-order valence-electron chi connectivity index (χ2n) is 7.55. The highest BCUT2D eigenvalue weighted by Gasteiger charge is 2.57. The molecule has 1 saturated heterocycles. The Morgan fingerprint density at radius 1 is 1.10 bits per heavy atom. The fraction of sp³-hybridized carbons (Fsp3) is 0.304. The molecule has 1 fully saturated rings. The Hall–Kier alpha value is -2.03. The number of fused-ring (bicyclic) bond motifs is 1. The Morgan fingerprint density at radius 2 is 1.71 bits per heavy atom. The van der Waals surface area contributed by atoms with Crippen LogP contribution in [0.1, 0.15) is 13.8 Å². The Kier molecular flexibility index (Phi) is 6.60. The molecule has 8 heteroatoms. The van der Waals surface area contributed by atoms with E-state index in [4.69, 9.17) is 9.47 Å². The van der Waals surface area contributed by atoms with E-state index in [1.54, 1.807) is 16.7 Å². The molecule has 2 aromatic rings. The number of amides is 1. The second-order valence-corrected chi connectivity index (χ2v) is 11.4. The molecule has 1 unspecified atom stereocenters. The molecule has 1 amide bonds. The molecule has 0 bridgehead atoms. The zero-order chi connectivity index (χ0) is 22.0. The zero-order valence-electron chi connectivity index (χ0n) is 17.4. The second kappa shape index (κ2) is 9.22. The number of nitrogens with zero attached hydrogens (tertiary/aromatic N) is 1. The average Bonchev–Trinajstić information content (AvgIpc) is 3.05. The van der Waals surface area contributed by atoms with E-state index in [0.717, 1.165) is 9.79 Å². The summed E-state index contributed by atoms with van der Waals surface area (Å²) in [6.07, 6.45) is 0. The highest BCUT2D eigenvalue weighted by Crippen LogP contribution is 2.50. The third kappa shape index (κ3) is 4.61. The number of hydrogen-bond donors (Lipinski definition) is 0. The molecule has 0 aromatic heterocycles. The molecule has 5 nitrogen and oxygen atoms in total. The molecular weight excluding hydrogens is 450 g/mol. The van der Waals surface area contributed by atoms with Crippen molar-refractivity contribution in [1.82, 2.24) is 4.90 Å². The van der Waals surface area contributed by atoms with Gasteiger partial charge in [-0.15, -0.1) is 11.8 Å². The summed E-state index contributed by atoms with van der Waals surface area (Å²) >= 11 is 4.47. The van der Waals surface area contributed by atoms with Crippen LogP contribution in [0.25, 0.3) is 0 Å². The van der Waals surface area contributed by atoms with Crippen molar-refractivity contribution in [3.8, 4) is 0 Å². The van der Waals surface area contributed by atoms with Crippen molar-refractivity contribution in [3.05, 3.63) is 71.3 Å². The molecule has 0 aliphatic carbocycles. The number of carbonyl (C=O) groups excluding carboxylic acids is 2. The average molecular weight is 474 g/mol. The van der Waals surface area contributed by atoms with Gasteiger partial charge in [0.15, 0.2) is 0 Å². The fourth-order valence-corrected chi connectivity index (χ4v) is 6.78. The first-order valence-corrected chi connectivity index (χ1v) is 12.5. The van der Waals surface area contributed by atoms with Gasteiger partial charge in [-0.25, -0.2) is 4.79 Å². The minimum atomic E-state index is -0.713. The summed E-state index contributed by atoms with van der Waals surface area (Å²) in [5.41, 5.74) is -0.557. The third-order valence-electron chi connectivity index (χ3n) is 4.99. The standard InChI is InChI=1S/C23H23NO4S3/c1-23(2)19(21(26)27-3)24-20(25)18(30-16-12-8-5-9-13-16)17(28-22(24)31-23)14-29-15-10-6-4-7-11-15/h4-13,19,22H,14H2,1-3H3/t19-,22?/m0/s1. The predicted octanol–water partition coefficient (Wildman–Crippen LogP) is 4.99. The van der Waals surface area contributed by atoms with Crippen LogP contribution in [0, 0.1) is 0 Å². The SMILES string of the molecule is COC(=O)[C@@H]1N2C(=O)C(Sc3ccccc3)=C(CSc3ccccc3)OC2SC1(C)C. The van der Waals surface area contributed by atoms with Gasteiger partial charge in [0.1, 0.15) is 16.7 Å². The first-order valence-electron chi connectivity index (χ1n) is 9.79. The summed E-state index contributed by atoms with van der Waals surface area (Å²) in [6, 6.07) is 19.0. The van der Waals surface area contributed by atoms with E-state index in [-0.39, 0.29) is 5.91 Å². The maximum atomic E-state index is 13.7. The smallest absolute Gasteiger partial charge is 0.330 e. The van der Waals surface area contributed by atoms with Crippen molar-refractivity contribution < 1.29 is 19.1 Å². The number of esters is 1. The quantitative estimate of drug-likeness (QED) is 0.433. The van der Waals surface area contributed by atoms with Crippen molar-refractivity contribution in [1.29, 1.82) is 0 Å². The number of rotatable bonds is 6. The predicted molar refractivity (Wildman–Crippen MR) is 126 cm³/mol. The number of thioether (sulfide) groups is 3. The van der Waals surface area contributed by atoms with Gasteiger partial charge in [-0.2, -0.15) is 0 Å². The van der Waals surface area contributed by atoms with Crippen LogP contribution in [0.3, 0.4) is 0 Å². The van der Waals surface area contributed by atoms with Gasteiger partial charge in [0.2, 0.25) is 5.56 Å². The number of carbonyl (C=O) groups is 2. The Labute approximate surface area is 194 Å². The maximum Gasteiger partial charge on any atom is 0.330 e. The Bertz CT molecular complexity index is 994. The summed E-state index contributed by atoms with van der Waals surface area (Å²) in [5, 5.41) is 0. The number of hydrogen-bond acceptors (Lipinski definition) is 7. The van der Waals surface area contributed by atoms with E-state index in [9.17, 15) is 9.59 Å². The van der Waals surface area contributed by atoms with E-state index >= 15 is 0 Å². The van der Waals surface area contributed by atoms with Crippen LogP contribution in [-0.4, -0.2) is 46.0 Å². The normalized spacial score (nSPS) is 22.2. The lowest BCUT2D eigenvalue weighted by atomic mass is 10.0. The molecule has 0 spiro atoms.